The molecule has 13 heavy (non-hydrogen) atoms. The quantitative estimate of drug-likeness (QED) is 0.684. The van der Waals surface area contributed by atoms with Crippen LogP contribution in [0.25, 0.3) is 0 Å². The van der Waals surface area contributed by atoms with Gasteiger partial charge in [0.1, 0.15) is 5.82 Å². The van der Waals surface area contributed by atoms with Crippen LogP contribution in [0.5, 0.6) is 0 Å². The molecule has 0 fully saturated rings. The second-order valence-corrected chi connectivity index (χ2v) is 2.84. The third-order valence-electron chi connectivity index (χ3n) is 1.88. The maximum absolute atomic E-state index is 8.76. The average molecular weight is 181 g/mol. The molecule has 1 heterocycles. The van der Waals surface area contributed by atoms with Crippen molar-refractivity contribution in [2.24, 2.45) is 5.73 Å². The Kier molecular flexibility index (Phi) is 3.67. The first-order chi connectivity index (χ1) is 6.29. The van der Waals surface area contributed by atoms with Crippen LogP contribution in [0.1, 0.15) is 5.56 Å². The molecule has 4 heteroatoms. The SMILES string of the molecule is CN(CCO)c1ncccc1CN. The van der Waals surface area contributed by atoms with Gasteiger partial charge in [0.25, 0.3) is 0 Å². The van der Waals surface area contributed by atoms with Crippen LogP contribution in [0.4, 0.5) is 5.82 Å². The highest BCUT2D eigenvalue weighted by atomic mass is 16.3. The lowest BCUT2D eigenvalue weighted by Crippen LogP contribution is -2.24. The molecule has 0 saturated carbocycles. The van der Waals surface area contributed by atoms with Crippen molar-refractivity contribution < 1.29 is 5.11 Å². The van der Waals surface area contributed by atoms with E-state index in [-0.39, 0.29) is 6.61 Å². The van der Waals surface area contributed by atoms with Crippen LogP contribution in [0, 0.1) is 0 Å². The Morgan fingerprint density at radius 2 is 2.38 bits per heavy atom. The summed E-state index contributed by atoms with van der Waals surface area (Å²) in [7, 11) is 1.89. The Bertz CT molecular complexity index is 265. The van der Waals surface area contributed by atoms with E-state index in [0.29, 0.717) is 13.1 Å². The number of nitrogens with zero attached hydrogens (tertiary/aromatic N) is 2. The summed E-state index contributed by atoms with van der Waals surface area (Å²) in [5.41, 5.74) is 6.55. The zero-order valence-electron chi connectivity index (χ0n) is 7.77. The van der Waals surface area contributed by atoms with Gasteiger partial charge in [-0.2, -0.15) is 0 Å². The monoisotopic (exact) mass is 181 g/mol. The average Bonchev–Trinajstić information content (AvgIpc) is 2.18. The molecule has 1 aromatic heterocycles. The Morgan fingerprint density at radius 3 is 3.00 bits per heavy atom. The fourth-order valence-electron chi connectivity index (χ4n) is 1.19. The molecule has 0 unspecified atom stereocenters. The summed E-state index contributed by atoms with van der Waals surface area (Å²) >= 11 is 0. The molecule has 0 aromatic carbocycles. The number of likely N-dealkylation sites (N-methyl/N-ethyl adjacent to an activating group) is 1. The minimum Gasteiger partial charge on any atom is -0.395 e. The lowest BCUT2D eigenvalue weighted by molar-refractivity contribution is 0.303. The maximum atomic E-state index is 8.76. The van der Waals surface area contributed by atoms with Gasteiger partial charge in [0.15, 0.2) is 0 Å². The van der Waals surface area contributed by atoms with Gasteiger partial charge in [0.05, 0.1) is 6.61 Å². The molecule has 3 N–H and O–H groups in total. The molecule has 0 aliphatic carbocycles. The van der Waals surface area contributed by atoms with Crippen molar-refractivity contribution in [2.45, 2.75) is 6.54 Å². The predicted molar refractivity (Wildman–Crippen MR) is 52.5 cm³/mol. The van der Waals surface area contributed by atoms with Crippen molar-refractivity contribution in [3.63, 3.8) is 0 Å². The van der Waals surface area contributed by atoms with Crippen LogP contribution < -0.4 is 10.6 Å². The lowest BCUT2D eigenvalue weighted by Gasteiger charge is -2.19. The molecule has 0 bridgehead atoms. The van der Waals surface area contributed by atoms with Crippen molar-refractivity contribution in [3.05, 3.63) is 23.9 Å². The highest BCUT2D eigenvalue weighted by Gasteiger charge is 2.05. The molecule has 0 saturated heterocycles. The molecule has 1 rings (SSSR count). The van der Waals surface area contributed by atoms with Gasteiger partial charge in [-0.15, -0.1) is 0 Å². The zero-order chi connectivity index (χ0) is 9.68. The van der Waals surface area contributed by atoms with Gasteiger partial charge in [0, 0.05) is 31.9 Å². The number of hydrogen-bond acceptors (Lipinski definition) is 4. The highest BCUT2D eigenvalue weighted by molar-refractivity contribution is 5.45. The molecule has 0 atom stereocenters. The Balaban J connectivity index is 2.85. The topological polar surface area (TPSA) is 62.4 Å². The number of anilines is 1. The number of aliphatic hydroxyl groups excluding tert-OH is 1. The molecule has 72 valence electrons. The summed E-state index contributed by atoms with van der Waals surface area (Å²) < 4.78 is 0. The largest absolute Gasteiger partial charge is 0.395 e. The zero-order valence-corrected chi connectivity index (χ0v) is 7.77. The van der Waals surface area contributed by atoms with E-state index >= 15 is 0 Å². The predicted octanol–water partition coefficient (Wildman–Crippen LogP) is -0.0312. The van der Waals surface area contributed by atoms with E-state index in [0.717, 1.165) is 11.4 Å². The number of rotatable bonds is 4. The molecule has 0 aliphatic heterocycles. The van der Waals surface area contributed by atoms with Crippen molar-refractivity contribution in [2.75, 3.05) is 25.1 Å². The van der Waals surface area contributed by atoms with E-state index in [4.69, 9.17) is 10.8 Å². The minimum absolute atomic E-state index is 0.122. The van der Waals surface area contributed by atoms with Gasteiger partial charge in [-0.25, -0.2) is 4.98 Å². The number of pyridine rings is 1. The van der Waals surface area contributed by atoms with Crippen molar-refractivity contribution in [1.29, 1.82) is 0 Å². The van der Waals surface area contributed by atoms with Crippen LogP contribution in [-0.4, -0.2) is 30.3 Å². The number of nitrogens with two attached hydrogens (primary N) is 1. The normalized spacial score (nSPS) is 10.1. The summed E-state index contributed by atoms with van der Waals surface area (Å²) in [6.07, 6.45) is 1.72. The third-order valence-corrected chi connectivity index (χ3v) is 1.88. The van der Waals surface area contributed by atoms with Gasteiger partial charge >= 0.3 is 0 Å². The van der Waals surface area contributed by atoms with Crippen molar-refractivity contribution in [1.82, 2.24) is 4.98 Å². The Morgan fingerprint density at radius 1 is 1.62 bits per heavy atom. The first kappa shape index (κ1) is 9.95. The van der Waals surface area contributed by atoms with Gasteiger partial charge in [0.2, 0.25) is 0 Å². The molecule has 0 aliphatic rings. The minimum atomic E-state index is 0.122. The maximum Gasteiger partial charge on any atom is 0.132 e. The number of hydrogen-bond donors (Lipinski definition) is 2. The standard InChI is InChI=1S/C9H15N3O/c1-12(5-6-13)9-8(7-10)3-2-4-11-9/h2-4,13H,5-7,10H2,1H3. The number of aromatic nitrogens is 1. The van der Waals surface area contributed by atoms with Gasteiger partial charge in [-0.1, -0.05) is 6.07 Å². The second-order valence-electron chi connectivity index (χ2n) is 2.84. The van der Waals surface area contributed by atoms with Crippen LogP contribution in [0.2, 0.25) is 0 Å². The highest BCUT2D eigenvalue weighted by Crippen LogP contribution is 2.13. The summed E-state index contributed by atoms with van der Waals surface area (Å²) in [5, 5.41) is 8.76. The smallest absolute Gasteiger partial charge is 0.132 e. The van der Waals surface area contributed by atoms with Crippen LogP contribution in [0.3, 0.4) is 0 Å². The van der Waals surface area contributed by atoms with E-state index in [2.05, 4.69) is 4.98 Å². The molecular weight excluding hydrogens is 166 g/mol. The molecule has 4 nitrogen and oxygen atoms in total. The third kappa shape index (κ3) is 2.40. The second kappa shape index (κ2) is 4.79. The van der Waals surface area contributed by atoms with Crippen LogP contribution >= 0.6 is 0 Å². The van der Waals surface area contributed by atoms with Crippen LogP contribution in [0.15, 0.2) is 18.3 Å². The fourth-order valence-corrected chi connectivity index (χ4v) is 1.19. The van der Waals surface area contributed by atoms with Gasteiger partial charge in [-0.05, 0) is 6.07 Å². The van der Waals surface area contributed by atoms with Crippen molar-refractivity contribution in [3.8, 4) is 0 Å². The lowest BCUT2D eigenvalue weighted by atomic mass is 10.2. The molecule has 1 aromatic rings. The Labute approximate surface area is 78.0 Å². The summed E-state index contributed by atoms with van der Waals surface area (Å²) in [6, 6.07) is 3.80. The van der Waals surface area contributed by atoms with Gasteiger partial charge in [-0.3, -0.25) is 0 Å². The van der Waals surface area contributed by atoms with Gasteiger partial charge < -0.3 is 15.7 Å². The van der Waals surface area contributed by atoms with E-state index < -0.39 is 0 Å². The molecular formula is C9H15N3O. The fraction of sp³-hybridized carbons (Fsp3) is 0.444. The molecule has 0 amide bonds. The first-order valence-corrected chi connectivity index (χ1v) is 4.25. The molecule has 0 radical (unpaired) electrons. The van der Waals surface area contributed by atoms with E-state index in [1.807, 2.05) is 24.1 Å². The first-order valence-electron chi connectivity index (χ1n) is 4.25. The summed E-state index contributed by atoms with van der Waals surface area (Å²) in [6.45, 7) is 1.17. The summed E-state index contributed by atoms with van der Waals surface area (Å²) in [4.78, 5) is 6.09. The van der Waals surface area contributed by atoms with E-state index in [9.17, 15) is 0 Å². The summed E-state index contributed by atoms with van der Waals surface area (Å²) in [5.74, 6) is 0.846. The van der Waals surface area contributed by atoms with Crippen molar-refractivity contribution >= 4 is 5.82 Å². The Hall–Kier alpha value is -1.13. The van der Waals surface area contributed by atoms with E-state index in [1.54, 1.807) is 6.20 Å². The van der Waals surface area contributed by atoms with E-state index in [1.165, 1.54) is 0 Å². The molecule has 0 spiro atoms. The van der Waals surface area contributed by atoms with Crippen LogP contribution in [-0.2, 0) is 6.54 Å². The number of aliphatic hydroxyl groups is 1.